The number of carbonyl (C=O) groups is 2. The summed E-state index contributed by atoms with van der Waals surface area (Å²) < 4.78 is 6.76. The minimum absolute atomic E-state index is 0. The van der Waals surface area contributed by atoms with Crippen molar-refractivity contribution in [1.82, 2.24) is 19.7 Å². The van der Waals surface area contributed by atoms with E-state index in [0.717, 1.165) is 0 Å². The summed E-state index contributed by atoms with van der Waals surface area (Å²) >= 11 is 12.4. The van der Waals surface area contributed by atoms with Crippen LogP contribution in [0.3, 0.4) is 0 Å². The summed E-state index contributed by atoms with van der Waals surface area (Å²) in [6.07, 6.45) is 0. The third kappa shape index (κ3) is 5.11. The molecule has 0 atom stereocenters. The first kappa shape index (κ1) is 24.2. The van der Waals surface area contributed by atoms with E-state index in [0.29, 0.717) is 60.0 Å². The molecule has 0 saturated carbocycles. The Morgan fingerprint density at radius 3 is 2.47 bits per heavy atom. The van der Waals surface area contributed by atoms with Crippen molar-refractivity contribution in [3.05, 3.63) is 75.3 Å². The molecule has 11 heteroatoms. The molecule has 32 heavy (non-hydrogen) atoms. The number of carbonyl (C=O) groups excluding carboxylic acids is 1. The Kier molecular flexibility index (Phi) is 7.86. The Bertz CT molecular complexity index is 1150. The highest BCUT2D eigenvalue weighted by molar-refractivity contribution is 6.35. The van der Waals surface area contributed by atoms with E-state index in [9.17, 15) is 14.7 Å². The van der Waals surface area contributed by atoms with E-state index >= 15 is 0 Å². The molecule has 2 heterocycles. The largest absolute Gasteiger partial charge is 0.475 e. The number of halogens is 3. The fourth-order valence-corrected chi connectivity index (χ4v) is 3.75. The maximum Gasteiger partial charge on any atom is 0.375 e. The molecule has 0 amide bonds. The molecule has 1 saturated heterocycles. The zero-order valence-electron chi connectivity index (χ0n) is 16.7. The van der Waals surface area contributed by atoms with Gasteiger partial charge in [-0.2, -0.15) is 0 Å². The smallest absolute Gasteiger partial charge is 0.375 e. The highest BCUT2D eigenvalue weighted by atomic mass is 35.5. The van der Waals surface area contributed by atoms with Gasteiger partial charge in [-0.05, 0) is 30.3 Å². The Labute approximate surface area is 200 Å². The molecule has 1 fully saturated rings. The van der Waals surface area contributed by atoms with Crippen molar-refractivity contribution in [1.29, 1.82) is 0 Å². The number of aromatic nitrogens is 3. The molecule has 1 N–H and O–H groups in total. The quantitative estimate of drug-likeness (QED) is 0.518. The number of hydrogen-bond donors (Lipinski definition) is 1. The van der Waals surface area contributed by atoms with Crippen LogP contribution in [-0.4, -0.2) is 62.8 Å². The normalized spacial score (nSPS) is 14.1. The molecule has 4 rings (SSSR count). The standard InChI is InChI=1S/C21H18Cl2N4O4.ClH/c22-13-5-6-17(15(11-13)19(28)14-3-1-2-4-16(14)23)27-18(24-20(25-27)21(29)30)12-26-7-9-31-10-8-26;/h1-6,11H,7-10,12H2,(H,29,30);1H. The SMILES string of the molecule is Cl.O=C(O)c1nc(CN2CCOCC2)n(-c2ccc(Cl)cc2C(=O)c2ccccc2Cl)n1. The van der Waals surface area contributed by atoms with Crippen molar-refractivity contribution in [3.8, 4) is 5.69 Å². The second-order valence-electron chi connectivity index (χ2n) is 6.93. The maximum absolute atomic E-state index is 13.3. The van der Waals surface area contributed by atoms with Gasteiger partial charge < -0.3 is 9.84 Å². The monoisotopic (exact) mass is 496 g/mol. The average molecular weight is 498 g/mol. The zero-order valence-corrected chi connectivity index (χ0v) is 19.0. The van der Waals surface area contributed by atoms with Crippen LogP contribution >= 0.6 is 35.6 Å². The summed E-state index contributed by atoms with van der Waals surface area (Å²) in [5, 5.41) is 14.2. The molecular weight excluding hydrogens is 479 g/mol. The van der Waals surface area contributed by atoms with Crippen molar-refractivity contribution in [2.24, 2.45) is 0 Å². The minimum Gasteiger partial charge on any atom is -0.475 e. The van der Waals surface area contributed by atoms with Crippen LogP contribution in [-0.2, 0) is 11.3 Å². The summed E-state index contributed by atoms with van der Waals surface area (Å²) in [7, 11) is 0. The van der Waals surface area contributed by atoms with E-state index < -0.39 is 5.97 Å². The highest BCUT2D eigenvalue weighted by Gasteiger charge is 2.24. The van der Waals surface area contributed by atoms with Crippen molar-refractivity contribution in [2.45, 2.75) is 6.54 Å². The van der Waals surface area contributed by atoms with Gasteiger partial charge in [0, 0.05) is 29.2 Å². The Morgan fingerprint density at radius 1 is 1.06 bits per heavy atom. The summed E-state index contributed by atoms with van der Waals surface area (Å²) in [6, 6.07) is 11.4. The molecule has 0 unspecified atom stereocenters. The van der Waals surface area contributed by atoms with E-state index in [1.54, 1.807) is 36.4 Å². The van der Waals surface area contributed by atoms with Crippen LogP contribution in [0.5, 0.6) is 0 Å². The lowest BCUT2D eigenvalue weighted by atomic mass is 10.0. The third-order valence-electron chi connectivity index (χ3n) is 4.88. The summed E-state index contributed by atoms with van der Waals surface area (Å²) in [5.41, 5.74) is 0.921. The third-order valence-corrected chi connectivity index (χ3v) is 5.45. The van der Waals surface area contributed by atoms with Gasteiger partial charge in [-0.25, -0.2) is 14.5 Å². The number of hydrogen-bond acceptors (Lipinski definition) is 6. The molecular formula is C21H19Cl3N4O4. The topological polar surface area (TPSA) is 97.5 Å². The van der Waals surface area contributed by atoms with Gasteiger partial charge in [-0.3, -0.25) is 9.69 Å². The molecule has 0 radical (unpaired) electrons. The number of carboxylic acids is 1. The van der Waals surface area contributed by atoms with Crippen LogP contribution in [0.15, 0.2) is 42.5 Å². The Morgan fingerprint density at radius 2 is 1.78 bits per heavy atom. The van der Waals surface area contributed by atoms with Crippen LogP contribution in [0.2, 0.25) is 10.0 Å². The van der Waals surface area contributed by atoms with Gasteiger partial charge in [0.1, 0.15) is 5.82 Å². The van der Waals surface area contributed by atoms with E-state index in [2.05, 4.69) is 15.0 Å². The van der Waals surface area contributed by atoms with Crippen molar-refractivity contribution < 1.29 is 19.4 Å². The minimum atomic E-state index is -1.25. The van der Waals surface area contributed by atoms with Gasteiger partial charge in [0.25, 0.3) is 5.82 Å². The van der Waals surface area contributed by atoms with E-state index in [-0.39, 0.29) is 29.6 Å². The van der Waals surface area contributed by atoms with E-state index in [1.165, 1.54) is 10.7 Å². The molecule has 3 aromatic rings. The molecule has 1 aliphatic rings. The predicted molar refractivity (Wildman–Crippen MR) is 122 cm³/mol. The number of ether oxygens (including phenoxy) is 1. The summed E-state index contributed by atoms with van der Waals surface area (Å²) in [6.45, 7) is 2.88. The van der Waals surface area contributed by atoms with Crippen LogP contribution in [0.4, 0.5) is 0 Å². The number of rotatable bonds is 6. The lowest BCUT2D eigenvalue weighted by molar-refractivity contribution is 0.0327. The van der Waals surface area contributed by atoms with Crippen molar-refractivity contribution in [2.75, 3.05) is 26.3 Å². The molecule has 0 spiro atoms. The second-order valence-corrected chi connectivity index (χ2v) is 7.77. The first-order valence-electron chi connectivity index (χ1n) is 9.52. The second kappa shape index (κ2) is 10.4. The van der Waals surface area contributed by atoms with Crippen molar-refractivity contribution >= 4 is 47.4 Å². The van der Waals surface area contributed by atoms with Gasteiger partial charge in [-0.1, -0.05) is 35.3 Å². The maximum atomic E-state index is 13.3. The number of benzene rings is 2. The number of morpholine rings is 1. The summed E-state index contributed by atoms with van der Waals surface area (Å²) in [5.74, 6) is -1.56. The fourth-order valence-electron chi connectivity index (χ4n) is 3.35. The van der Waals surface area contributed by atoms with Gasteiger partial charge in [0.15, 0.2) is 5.78 Å². The van der Waals surface area contributed by atoms with E-state index in [4.69, 9.17) is 27.9 Å². The highest BCUT2D eigenvalue weighted by Crippen LogP contribution is 2.26. The first-order valence-corrected chi connectivity index (χ1v) is 10.3. The lowest BCUT2D eigenvalue weighted by Crippen LogP contribution is -2.36. The van der Waals surface area contributed by atoms with Crippen LogP contribution in [0.1, 0.15) is 32.4 Å². The number of nitrogens with zero attached hydrogens (tertiary/aromatic N) is 4. The number of carboxylic acid groups (broad SMARTS) is 1. The zero-order chi connectivity index (χ0) is 22.0. The van der Waals surface area contributed by atoms with Gasteiger partial charge in [0.2, 0.25) is 0 Å². The van der Waals surface area contributed by atoms with Gasteiger partial charge >= 0.3 is 5.97 Å². The Balaban J connectivity index is 0.00000289. The van der Waals surface area contributed by atoms with Crippen LogP contribution < -0.4 is 0 Å². The molecule has 2 aromatic carbocycles. The summed E-state index contributed by atoms with van der Waals surface area (Å²) in [4.78, 5) is 31.1. The Hall–Kier alpha value is -2.49. The molecule has 1 aliphatic heterocycles. The average Bonchev–Trinajstić information content (AvgIpc) is 3.18. The van der Waals surface area contributed by atoms with Gasteiger partial charge in [-0.15, -0.1) is 17.5 Å². The number of ketones is 1. The first-order chi connectivity index (χ1) is 14.9. The molecule has 0 aliphatic carbocycles. The fraction of sp³-hybridized carbons (Fsp3) is 0.238. The van der Waals surface area contributed by atoms with Crippen molar-refractivity contribution in [3.63, 3.8) is 0 Å². The lowest BCUT2D eigenvalue weighted by Gasteiger charge is -2.26. The molecule has 1 aromatic heterocycles. The molecule has 8 nitrogen and oxygen atoms in total. The van der Waals surface area contributed by atoms with E-state index in [1.807, 2.05) is 0 Å². The molecule has 0 bridgehead atoms. The van der Waals surface area contributed by atoms with Crippen LogP contribution in [0, 0.1) is 0 Å². The van der Waals surface area contributed by atoms with Crippen LogP contribution in [0.25, 0.3) is 5.69 Å². The molecule has 168 valence electrons. The van der Waals surface area contributed by atoms with Gasteiger partial charge in [0.05, 0.1) is 30.5 Å². The number of aromatic carboxylic acids is 1. The predicted octanol–water partition coefficient (Wildman–Crippen LogP) is 3.76.